The highest BCUT2D eigenvalue weighted by Crippen LogP contribution is 2.36. The molecule has 0 atom stereocenters. The molecule has 8 nitrogen and oxygen atoms in total. The fourth-order valence-corrected chi connectivity index (χ4v) is 3.31. The number of hydrogen-bond donors (Lipinski definition) is 2. The van der Waals surface area contributed by atoms with Gasteiger partial charge in [-0.3, -0.25) is 0 Å². The molecule has 0 aliphatic rings. The number of halogens is 1. The Morgan fingerprint density at radius 1 is 1.21 bits per heavy atom. The third-order valence-corrected chi connectivity index (χ3v) is 4.36. The quantitative estimate of drug-likeness (QED) is 0.558. The molecule has 0 saturated carbocycles. The number of nitrogens with two attached hydrogens (primary N) is 1. The minimum atomic E-state index is -0.384. The third-order valence-electron chi connectivity index (χ3n) is 3.30. The van der Waals surface area contributed by atoms with Gasteiger partial charge in [-0.05, 0) is 12.1 Å². The predicted molar refractivity (Wildman–Crippen MR) is 89.8 cm³/mol. The molecule has 3 N–H and O–H groups in total. The summed E-state index contributed by atoms with van der Waals surface area (Å²) in [6.45, 7) is 1.66. The molecule has 0 saturated heterocycles. The standard InChI is InChI=1S/C14H9ClN6O2S/c1-5-20-21-14(23-5)11-9(19-13(22)12(16)18-11)6-2-7(15)10-8(3-6)24-4-17-10/h2-4H,1H3,(H2,16,18)(H,19,22). The molecule has 120 valence electrons. The highest BCUT2D eigenvalue weighted by atomic mass is 35.5. The summed E-state index contributed by atoms with van der Waals surface area (Å²) in [5.74, 6) is 0.0163. The Labute approximate surface area is 144 Å². The molecule has 3 aromatic heterocycles. The minimum absolute atomic E-state index is 0.130. The number of nitrogen functional groups attached to an aromatic ring is 1. The largest absolute Gasteiger partial charge is 0.491 e. The Morgan fingerprint density at radius 2 is 2.04 bits per heavy atom. The first-order valence-corrected chi connectivity index (χ1v) is 7.99. The van der Waals surface area contributed by atoms with Crippen molar-refractivity contribution in [3.05, 3.63) is 28.6 Å². The van der Waals surface area contributed by atoms with Crippen LogP contribution in [0.2, 0.25) is 5.02 Å². The average molecular weight is 361 g/mol. The lowest BCUT2D eigenvalue weighted by molar-refractivity contribution is 0.454. The van der Waals surface area contributed by atoms with Crippen LogP contribution in [0.4, 0.5) is 5.82 Å². The number of nitrogens with zero attached hydrogens (tertiary/aromatic N) is 5. The highest BCUT2D eigenvalue weighted by molar-refractivity contribution is 7.16. The van der Waals surface area contributed by atoms with Crippen molar-refractivity contribution in [2.24, 2.45) is 0 Å². The van der Waals surface area contributed by atoms with Gasteiger partial charge in [-0.15, -0.1) is 21.5 Å². The molecular weight excluding hydrogens is 352 g/mol. The van der Waals surface area contributed by atoms with E-state index in [2.05, 4.69) is 25.1 Å². The third kappa shape index (κ3) is 2.34. The summed E-state index contributed by atoms with van der Waals surface area (Å²) in [4.78, 5) is 12.5. The molecule has 1 aromatic carbocycles. The zero-order valence-corrected chi connectivity index (χ0v) is 13.8. The molecule has 0 aliphatic carbocycles. The van der Waals surface area contributed by atoms with E-state index in [0.717, 1.165) is 4.70 Å². The molecule has 4 aromatic rings. The molecule has 0 amide bonds. The van der Waals surface area contributed by atoms with Gasteiger partial charge in [-0.1, -0.05) is 11.6 Å². The van der Waals surface area contributed by atoms with Gasteiger partial charge >= 0.3 is 0 Å². The van der Waals surface area contributed by atoms with Gasteiger partial charge in [0.25, 0.3) is 11.8 Å². The number of anilines is 1. The van der Waals surface area contributed by atoms with Crippen LogP contribution in [-0.2, 0) is 0 Å². The van der Waals surface area contributed by atoms with Gasteiger partial charge in [-0.2, -0.15) is 0 Å². The van der Waals surface area contributed by atoms with E-state index in [9.17, 15) is 5.11 Å². The Balaban J connectivity index is 2.00. The van der Waals surface area contributed by atoms with Crippen molar-refractivity contribution in [2.75, 3.05) is 5.73 Å². The van der Waals surface area contributed by atoms with Crippen molar-refractivity contribution < 1.29 is 9.52 Å². The summed E-state index contributed by atoms with van der Waals surface area (Å²) < 4.78 is 6.30. The topological polar surface area (TPSA) is 124 Å². The molecular formula is C14H9ClN6O2S. The van der Waals surface area contributed by atoms with E-state index in [-0.39, 0.29) is 23.3 Å². The normalized spacial score (nSPS) is 11.2. The zero-order valence-electron chi connectivity index (χ0n) is 12.2. The van der Waals surface area contributed by atoms with Crippen LogP contribution in [-0.4, -0.2) is 30.3 Å². The van der Waals surface area contributed by atoms with Crippen LogP contribution >= 0.6 is 22.9 Å². The summed E-state index contributed by atoms with van der Waals surface area (Å²) in [7, 11) is 0. The van der Waals surface area contributed by atoms with E-state index in [4.69, 9.17) is 21.8 Å². The summed E-state index contributed by atoms with van der Waals surface area (Å²) in [5, 5.41) is 18.1. The number of aromatic nitrogens is 5. The maximum absolute atomic E-state index is 9.87. The second-order valence-electron chi connectivity index (χ2n) is 4.91. The molecule has 0 fully saturated rings. The number of fused-ring (bicyclic) bond motifs is 1. The summed E-state index contributed by atoms with van der Waals surface area (Å²) in [6, 6.07) is 3.54. The summed E-state index contributed by atoms with van der Waals surface area (Å²) in [6.07, 6.45) is 0. The maximum Gasteiger partial charge on any atom is 0.268 e. The van der Waals surface area contributed by atoms with Crippen molar-refractivity contribution in [3.8, 4) is 28.7 Å². The molecule has 3 heterocycles. The van der Waals surface area contributed by atoms with E-state index in [1.807, 2.05) is 6.07 Å². The van der Waals surface area contributed by atoms with E-state index in [1.54, 1.807) is 18.5 Å². The Hall–Kier alpha value is -2.78. The molecule has 0 bridgehead atoms. The molecule has 10 heteroatoms. The van der Waals surface area contributed by atoms with Gasteiger partial charge in [0.1, 0.15) is 5.69 Å². The average Bonchev–Trinajstić information content (AvgIpc) is 3.18. The van der Waals surface area contributed by atoms with Crippen LogP contribution in [0.1, 0.15) is 5.89 Å². The maximum atomic E-state index is 9.87. The van der Waals surface area contributed by atoms with Crippen LogP contribution < -0.4 is 5.73 Å². The van der Waals surface area contributed by atoms with Gasteiger partial charge < -0.3 is 15.3 Å². The lowest BCUT2D eigenvalue weighted by Crippen LogP contribution is -2.00. The van der Waals surface area contributed by atoms with Crippen LogP contribution in [0, 0.1) is 6.92 Å². The van der Waals surface area contributed by atoms with Gasteiger partial charge in [-0.25, -0.2) is 15.0 Å². The number of benzene rings is 1. The minimum Gasteiger partial charge on any atom is -0.491 e. The first kappa shape index (κ1) is 14.8. The summed E-state index contributed by atoms with van der Waals surface area (Å²) >= 11 is 7.73. The number of aryl methyl sites for hydroxylation is 1. The lowest BCUT2D eigenvalue weighted by atomic mass is 10.1. The number of rotatable bonds is 2. The smallest absolute Gasteiger partial charge is 0.268 e. The van der Waals surface area contributed by atoms with Crippen molar-refractivity contribution in [2.45, 2.75) is 6.92 Å². The number of thiazole rings is 1. The lowest BCUT2D eigenvalue weighted by Gasteiger charge is -2.08. The Kier molecular flexibility index (Phi) is 3.32. The van der Waals surface area contributed by atoms with Crippen LogP contribution in [0.5, 0.6) is 5.88 Å². The van der Waals surface area contributed by atoms with Crippen LogP contribution in [0.25, 0.3) is 33.1 Å². The van der Waals surface area contributed by atoms with Crippen LogP contribution in [0.15, 0.2) is 22.1 Å². The second kappa shape index (κ2) is 5.39. The molecule has 4 rings (SSSR count). The van der Waals surface area contributed by atoms with Gasteiger partial charge in [0, 0.05) is 12.5 Å². The molecule has 0 aliphatic heterocycles. The molecule has 24 heavy (non-hydrogen) atoms. The van der Waals surface area contributed by atoms with E-state index in [0.29, 0.717) is 27.7 Å². The predicted octanol–water partition coefficient (Wildman–Crippen LogP) is 3.05. The van der Waals surface area contributed by atoms with Crippen molar-refractivity contribution in [3.63, 3.8) is 0 Å². The number of aromatic hydroxyl groups is 1. The van der Waals surface area contributed by atoms with Crippen molar-refractivity contribution in [1.29, 1.82) is 0 Å². The fraction of sp³-hybridized carbons (Fsp3) is 0.0714. The van der Waals surface area contributed by atoms with E-state index in [1.165, 1.54) is 11.3 Å². The van der Waals surface area contributed by atoms with Crippen LogP contribution in [0.3, 0.4) is 0 Å². The summed E-state index contributed by atoms with van der Waals surface area (Å²) in [5.41, 5.74) is 9.31. The first-order valence-electron chi connectivity index (χ1n) is 6.73. The molecule has 0 radical (unpaired) electrons. The van der Waals surface area contributed by atoms with Gasteiger partial charge in [0.15, 0.2) is 11.5 Å². The monoisotopic (exact) mass is 360 g/mol. The van der Waals surface area contributed by atoms with E-state index >= 15 is 0 Å². The van der Waals surface area contributed by atoms with E-state index < -0.39 is 0 Å². The zero-order chi connectivity index (χ0) is 16.8. The van der Waals surface area contributed by atoms with Crippen molar-refractivity contribution in [1.82, 2.24) is 25.1 Å². The Morgan fingerprint density at radius 3 is 2.79 bits per heavy atom. The highest BCUT2D eigenvalue weighted by Gasteiger charge is 2.20. The fourth-order valence-electron chi connectivity index (χ4n) is 2.24. The first-order chi connectivity index (χ1) is 11.5. The van der Waals surface area contributed by atoms with Crippen molar-refractivity contribution >= 4 is 39.0 Å². The molecule has 0 spiro atoms. The van der Waals surface area contributed by atoms with Gasteiger partial charge in [0.2, 0.25) is 5.89 Å². The molecule has 0 unspecified atom stereocenters. The Bertz CT molecular complexity index is 1080. The van der Waals surface area contributed by atoms with Gasteiger partial charge in [0.05, 0.1) is 20.7 Å². The number of hydrogen-bond acceptors (Lipinski definition) is 9. The SMILES string of the molecule is Cc1nnc(-c2nc(N)c(O)nc2-c2cc(Cl)c3ncsc3c2)o1. The second-order valence-corrected chi connectivity index (χ2v) is 6.21.